The van der Waals surface area contributed by atoms with E-state index < -0.39 is 0 Å². The highest BCUT2D eigenvalue weighted by atomic mass is 16.5. The Kier molecular flexibility index (Phi) is 5.13. The van der Waals surface area contributed by atoms with E-state index in [1.807, 2.05) is 67.6 Å². The smallest absolute Gasteiger partial charge is 0.256 e. The minimum atomic E-state index is -0.126. The molecule has 0 saturated heterocycles. The van der Waals surface area contributed by atoms with Gasteiger partial charge in [-0.15, -0.1) is 0 Å². The number of amides is 1. The van der Waals surface area contributed by atoms with Crippen LogP contribution in [0.3, 0.4) is 0 Å². The maximum atomic E-state index is 13.3. The van der Waals surface area contributed by atoms with Crippen molar-refractivity contribution in [2.24, 2.45) is 0 Å². The van der Waals surface area contributed by atoms with Gasteiger partial charge in [-0.1, -0.05) is 36.4 Å². The van der Waals surface area contributed by atoms with E-state index in [1.54, 1.807) is 0 Å². The number of anilines is 1. The summed E-state index contributed by atoms with van der Waals surface area (Å²) >= 11 is 0. The normalized spacial score (nSPS) is 12.5. The van der Waals surface area contributed by atoms with E-state index in [2.05, 4.69) is 17.4 Å². The second kappa shape index (κ2) is 8.23. The van der Waals surface area contributed by atoms with Gasteiger partial charge in [0.25, 0.3) is 5.91 Å². The molecule has 1 aliphatic carbocycles. The van der Waals surface area contributed by atoms with Crippen LogP contribution in [0.5, 0.6) is 5.75 Å². The first-order chi connectivity index (χ1) is 15.2. The molecular formula is C27H24N2O2. The number of para-hydroxylation sites is 1. The summed E-state index contributed by atoms with van der Waals surface area (Å²) in [5.41, 5.74) is 6.65. The van der Waals surface area contributed by atoms with Gasteiger partial charge in [0, 0.05) is 16.6 Å². The van der Waals surface area contributed by atoms with Crippen LogP contribution in [-0.2, 0) is 12.8 Å². The zero-order valence-corrected chi connectivity index (χ0v) is 17.5. The minimum Gasteiger partial charge on any atom is -0.494 e. The van der Waals surface area contributed by atoms with Gasteiger partial charge >= 0.3 is 0 Å². The minimum absolute atomic E-state index is 0.126. The molecule has 4 heteroatoms. The fourth-order valence-corrected chi connectivity index (χ4v) is 4.27. The molecule has 0 spiro atoms. The summed E-state index contributed by atoms with van der Waals surface area (Å²) in [6.45, 7) is 2.56. The van der Waals surface area contributed by atoms with Crippen LogP contribution in [0.25, 0.3) is 22.2 Å². The van der Waals surface area contributed by atoms with E-state index in [1.165, 1.54) is 17.5 Å². The van der Waals surface area contributed by atoms with E-state index in [-0.39, 0.29) is 5.91 Å². The highest BCUT2D eigenvalue weighted by Gasteiger charge is 2.16. The second-order valence-corrected chi connectivity index (χ2v) is 7.82. The van der Waals surface area contributed by atoms with Gasteiger partial charge in [0.15, 0.2) is 0 Å². The number of carbonyl (C=O) groups is 1. The molecule has 4 aromatic rings. The summed E-state index contributed by atoms with van der Waals surface area (Å²) in [5.74, 6) is 0.665. The van der Waals surface area contributed by atoms with Gasteiger partial charge in [-0.05, 0) is 73.7 Å². The molecule has 1 aliphatic rings. The lowest BCUT2D eigenvalue weighted by Crippen LogP contribution is -2.13. The molecule has 0 radical (unpaired) electrons. The number of nitrogens with zero attached hydrogens (tertiary/aromatic N) is 1. The number of hydrogen-bond donors (Lipinski definition) is 1. The third kappa shape index (κ3) is 3.89. The van der Waals surface area contributed by atoms with Crippen molar-refractivity contribution in [3.05, 3.63) is 89.5 Å². The molecule has 0 bridgehead atoms. The van der Waals surface area contributed by atoms with E-state index in [4.69, 9.17) is 9.72 Å². The largest absolute Gasteiger partial charge is 0.494 e. The van der Waals surface area contributed by atoms with Crippen molar-refractivity contribution in [1.29, 1.82) is 0 Å². The molecule has 0 aliphatic heterocycles. The van der Waals surface area contributed by atoms with E-state index in [9.17, 15) is 4.79 Å². The van der Waals surface area contributed by atoms with E-state index >= 15 is 0 Å². The van der Waals surface area contributed by atoms with Crippen molar-refractivity contribution in [1.82, 2.24) is 4.98 Å². The molecule has 1 heterocycles. The molecule has 0 unspecified atom stereocenters. The van der Waals surface area contributed by atoms with E-state index in [0.29, 0.717) is 12.2 Å². The lowest BCUT2D eigenvalue weighted by molar-refractivity contribution is 0.102. The van der Waals surface area contributed by atoms with Crippen molar-refractivity contribution in [2.45, 2.75) is 26.2 Å². The summed E-state index contributed by atoms with van der Waals surface area (Å²) < 4.78 is 5.64. The molecule has 3 aromatic carbocycles. The lowest BCUT2D eigenvalue weighted by Gasteiger charge is -2.12. The van der Waals surface area contributed by atoms with E-state index in [0.717, 1.165) is 46.4 Å². The van der Waals surface area contributed by atoms with Crippen molar-refractivity contribution >= 4 is 22.5 Å². The topological polar surface area (TPSA) is 51.2 Å². The number of aromatic nitrogens is 1. The first-order valence-corrected chi connectivity index (χ1v) is 10.8. The lowest BCUT2D eigenvalue weighted by atomic mass is 10.0. The summed E-state index contributed by atoms with van der Waals surface area (Å²) in [5, 5.41) is 3.94. The molecule has 0 saturated carbocycles. The monoisotopic (exact) mass is 408 g/mol. The Hall–Kier alpha value is -3.66. The van der Waals surface area contributed by atoms with Crippen LogP contribution in [-0.4, -0.2) is 17.5 Å². The Labute approximate surface area is 181 Å². The molecule has 4 nitrogen and oxygen atoms in total. The fourth-order valence-electron chi connectivity index (χ4n) is 4.27. The van der Waals surface area contributed by atoms with Gasteiger partial charge < -0.3 is 10.1 Å². The Morgan fingerprint density at radius 3 is 2.74 bits per heavy atom. The second-order valence-electron chi connectivity index (χ2n) is 7.82. The summed E-state index contributed by atoms with van der Waals surface area (Å²) in [6, 6.07) is 23.7. The highest BCUT2D eigenvalue weighted by molar-refractivity contribution is 6.13. The molecule has 0 atom stereocenters. The average Bonchev–Trinajstić information content (AvgIpc) is 3.26. The van der Waals surface area contributed by atoms with Crippen molar-refractivity contribution < 1.29 is 9.53 Å². The Morgan fingerprint density at radius 2 is 1.84 bits per heavy atom. The van der Waals surface area contributed by atoms with Crippen LogP contribution >= 0.6 is 0 Å². The quantitative estimate of drug-likeness (QED) is 0.438. The molecule has 1 amide bonds. The van der Waals surface area contributed by atoms with Crippen molar-refractivity contribution in [3.63, 3.8) is 0 Å². The number of ether oxygens (including phenoxy) is 1. The number of pyridine rings is 1. The summed E-state index contributed by atoms with van der Waals surface area (Å²) in [7, 11) is 0. The van der Waals surface area contributed by atoms with Crippen LogP contribution < -0.4 is 10.1 Å². The highest BCUT2D eigenvalue weighted by Crippen LogP contribution is 2.29. The van der Waals surface area contributed by atoms with Crippen LogP contribution in [0, 0.1) is 0 Å². The maximum absolute atomic E-state index is 13.3. The number of rotatable bonds is 5. The number of hydrogen-bond acceptors (Lipinski definition) is 3. The standard InChI is InChI=1S/C27H24N2O2/c1-2-31-22-10-6-9-20(16-22)26-17-24(23-11-3-4-12-25(23)29-26)27(30)28-21-14-13-18-7-5-8-19(18)15-21/h3-4,6,9-17H,2,5,7-8H2,1H3,(H,28,30). The number of fused-ring (bicyclic) bond motifs is 2. The van der Waals surface area contributed by atoms with Gasteiger partial charge in [-0.2, -0.15) is 0 Å². The predicted octanol–water partition coefficient (Wildman–Crippen LogP) is 6.04. The Balaban J connectivity index is 1.54. The predicted molar refractivity (Wildman–Crippen MR) is 125 cm³/mol. The maximum Gasteiger partial charge on any atom is 0.256 e. The number of benzene rings is 3. The summed E-state index contributed by atoms with van der Waals surface area (Å²) in [6.07, 6.45) is 3.40. The van der Waals surface area contributed by atoms with Gasteiger partial charge in [-0.3, -0.25) is 4.79 Å². The van der Waals surface area contributed by atoms with Gasteiger partial charge in [-0.25, -0.2) is 4.98 Å². The van der Waals surface area contributed by atoms with Crippen LogP contribution in [0.1, 0.15) is 34.8 Å². The third-order valence-corrected chi connectivity index (χ3v) is 5.76. The first kappa shape index (κ1) is 19.3. The molecule has 31 heavy (non-hydrogen) atoms. The van der Waals surface area contributed by atoms with Crippen molar-refractivity contribution in [3.8, 4) is 17.0 Å². The average molecular weight is 409 g/mol. The molecular weight excluding hydrogens is 384 g/mol. The summed E-state index contributed by atoms with van der Waals surface area (Å²) in [4.78, 5) is 18.1. The Morgan fingerprint density at radius 1 is 0.968 bits per heavy atom. The number of aryl methyl sites for hydroxylation is 2. The SMILES string of the molecule is CCOc1cccc(-c2cc(C(=O)Nc3ccc4c(c3)CCC4)c3ccccc3n2)c1. The van der Waals surface area contributed by atoms with Crippen LogP contribution in [0.4, 0.5) is 5.69 Å². The van der Waals surface area contributed by atoms with Gasteiger partial charge in [0.05, 0.1) is 23.4 Å². The molecule has 5 rings (SSSR count). The van der Waals surface area contributed by atoms with Gasteiger partial charge in [0.2, 0.25) is 0 Å². The molecule has 1 aromatic heterocycles. The molecule has 154 valence electrons. The van der Waals surface area contributed by atoms with Gasteiger partial charge in [0.1, 0.15) is 5.75 Å². The Bertz CT molecular complexity index is 1280. The zero-order chi connectivity index (χ0) is 21.2. The first-order valence-electron chi connectivity index (χ1n) is 10.8. The number of nitrogens with one attached hydrogen (secondary N) is 1. The van der Waals surface area contributed by atoms with Crippen LogP contribution in [0.15, 0.2) is 72.8 Å². The van der Waals surface area contributed by atoms with Crippen LogP contribution in [0.2, 0.25) is 0 Å². The number of carbonyl (C=O) groups excluding carboxylic acids is 1. The zero-order valence-electron chi connectivity index (χ0n) is 17.5. The fraction of sp³-hybridized carbons (Fsp3) is 0.185. The molecule has 0 fully saturated rings. The van der Waals surface area contributed by atoms with Crippen molar-refractivity contribution in [2.75, 3.05) is 11.9 Å². The third-order valence-electron chi connectivity index (χ3n) is 5.76. The molecule has 1 N–H and O–H groups in total.